The summed E-state index contributed by atoms with van der Waals surface area (Å²) in [6.07, 6.45) is 2.24. The number of nitrogens with zero attached hydrogens (tertiary/aromatic N) is 3. The molecule has 0 radical (unpaired) electrons. The lowest BCUT2D eigenvalue weighted by Gasteiger charge is -1.98. The molecule has 0 bridgehead atoms. The summed E-state index contributed by atoms with van der Waals surface area (Å²) in [6.45, 7) is 2.28. The highest BCUT2D eigenvalue weighted by Gasteiger charge is 2.08. The fourth-order valence-corrected chi connectivity index (χ4v) is 1.68. The van der Waals surface area contributed by atoms with Gasteiger partial charge in [-0.1, -0.05) is 13.0 Å². The molecular formula is C13H16N4O. The van der Waals surface area contributed by atoms with E-state index in [-0.39, 0.29) is 5.91 Å². The molecule has 0 aliphatic rings. The van der Waals surface area contributed by atoms with Crippen LogP contribution >= 0.6 is 0 Å². The Morgan fingerprint density at radius 3 is 2.94 bits per heavy atom. The van der Waals surface area contributed by atoms with Crippen molar-refractivity contribution < 1.29 is 4.79 Å². The zero-order chi connectivity index (χ0) is 13.0. The summed E-state index contributed by atoms with van der Waals surface area (Å²) >= 11 is 0. The molecule has 1 N–H and O–H groups in total. The first kappa shape index (κ1) is 12.3. The molecule has 5 nitrogen and oxygen atoms in total. The van der Waals surface area contributed by atoms with Gasteiger partial charge < -0.3 is 5.32 Å². The average molecular weight is 244 g/mol. The van der Waals surface area contributed by atoms with E-state index >= 15 is 0 Å². The van der Waals surface area contributed by atoms with Crippen LogP contribution in [0.2, 0.25) is 0 Å². The first-order valence-corrected chi connectivity index (χ1v) is 5.91. The molecule has 5 heteroatoms. The van der Waals surface area contributed by atoms with Crippen molar-refractivity contribution in [2.24, 2.45) is 7.05 Å². The standard InChI is InChI=1S/C13H16N4O/c1-3-13(18)15-9-10-8-12(17(2)16-10)11-6-4-5-7-14-11/h4-8H,3,9H2,1-2H3,(H,15,18). The number of rotatable bonds is 4. The Kier molecular flexibility index (Phi) is 3.72. The number of carbonyl (C=O) groups is 1. The van der Waals surface area contributed by atoms with Gasteiger partial charge in [-0.05, 0) is 18.2 Å². The van der Waals surface area contributed by atoms with Crippen LogP contribution in [0, 0.1) is 0 Å². The van der Waals surface area contributed by atoms with Gasteiger partial charge in [-0.3, -0.25) is 14.5 Å². The zero-order valence-corrected chi connectivity index (χ0v) is 10.6. The summed E-state index contributed by atoms with van der Waals surface area (Å²) in [5, 5.41) is 7.16. The SMILES string of the molecule is CCC(=O)NCc1cc(-c2ccccn2)n(C)n1. The lowest BCUT2D eigenvalue weighted by Crippen LogP contribution is -2.21. The molecule has 0 atom stereocenters. The highest BCUT2D eigenvalue weighted by atomic mass is 16.1. The minimum Gasteiger partial charge on any atom is -0.350 e. The van der Waals surface area contributed by atoms with Crippen molar-refractivity contribution in [3.63, 3.8) is 0 Å². The van der Waals surface area contributed by atoms with E-state index in [1.807, 2.05) is 38.2 Å². The molecule has 0 aliphatic heterocycles. The van der Waals surface area contributed by atoms with Crippen molar-refractivity contribution in [1.29, 1.82) is 0 Å². The van der Waals surface area contributed by atoms with Crippen LogP contribution in [0.5, 0.6) is 0 Å². The maximum Gasteiger partial charge on any atom is 0.220 e. The van der Waals surface area contributed by atoms with Crippen LogP contribution in [0.1, 0.15) is 19.0 Å². The summed E-state index contributed by atoms with van der Waals surface area (Å²) in [5.74, 6) is 0.0278. The van der Waals surface area contributed by atoms with Crippen LogP contribution in [-0.4, -0.2) is 20.7 Å². The largest absolute Gasteiger partial charge is 0.350 e. The van der Waals surface area contributed by atoms with Crippen LogP contribution in [0.4, 0.5) is 0 Å². The van der Waals surface area contributed by atoms with E-state index in [2.05, 4.69) is 15.4 Å². The Hall–Kier alpha value is -2.17. The Labute approximate surface area is 106 Å². The van der Waals surface area contributed by atoms with Gasteiger partial charge in [0.15, 0.2) is 0 Å². The Morgan fingerprint density at radius 2 is 2.28 bits per heavy atom. The molecule has 18 heavy (non-hydrogen) atoms. The second-order valence-electron chi connectivity index (χ2n) is 3.99. The van der Waals surface area contributed by atoms with Gasteiger partial charge >= 0.3 is 0 Å². The molecule has 2 rings (SSSR count). The summed E-state index contributed by atoms with van der Waals surface area (Å²) in [4.78, 5) is 15.5. The molecule has 94 valence electrons. The number of amides is 1. The zero-order valence-electron chi connectivity index (χ0n) is 10.6. The van der Waals surface area contributed by atoms with E-state index in [0.717, 1.165) is 17.1 Å². The first-order chi connectivity index (χ1) is 8.70. The number of aryl methyl sites for hydroxylation is 1. The third kappa shape index (κ3) is 2.74. The summed E-state index contributed by atoms with van der Waals surface area (Å²) < 4.78 is 1.77. The third-order valence-electron chi connectivity index (χ3n) is 2.65. The van der Waals surface area contributed by atoms with Crippen LogP contribution < -0.4 is 5.32 Å². The molecule has 0 unspecified atom stereocenters. The van der Waals surface area contributed by atoms with Crippen molar-refractivity contribution >= 4 is 5.91 Å². The predicted molar refractivity (Wildman–Crippen MR) is 68.6 cm³/mol. The van der Waals surface area contributed by atoms with Gasteiger partial charge in [0, 0.05) is 19.7 Å². The minimum atomic E-state index is 0.0278. The lowest BCUT2D eigenvalue weighted by molar-refractivity contribution is -0.120. The van der Waals surface area contributed by atoms with Gasteiger partial charge in [-0.25, -0.2) is 0 Å². The van der Waals surface area contributed by atoms with Crippen molar-refractivity contribution in [3.05, 3.63) is 36.2 Å². The molecular weight excluding hydrogens is 228 g/mol. The molecule has 1 amide bonds. The maximum atomic E-state index is 11.2. The van der Waals surface area contributed by atoms with Crippen LogP contribution in [0.3, 0.4) is 0 Å². The highest BCUT2D eigenvalue weighted by molar-refractivity contribution is 5.75. The number of carbonyl (C=O) groups excluding carboxylic acids is 1. The Morgan fingerprint density at radius 1 is 1.44 bits per heavy atom. The molecule has 0 aliphatic carbocycles. The molecule has 0 saturated heterocycles. The molecule has 0 spiro atoms. The van der Waals surface area contributed by atoms with Crippen molar-refractivity contribution in [2.45, 2.75) is 19.9 Å². The first-order valence-electron chi connectivity index (χ1n) is 5.91. The van der Waals surface area contributed by atoms with E-state index in [4.69, 9.17) is 0 Å². The second-order valence-corrected chi connectivity index (χ2v) is 3.99. The van der Waals surface area contributed by atoms with Crippen LogP contribution in [-0.2, 0) is 18.4 Å². The van der Waals surface area contributed by atoms with Crippen molar-refractivity contribution in [3.8, 4) is 11.4 Å². The monoisotopic (exact) mass is 244 g/mol. The minimum absolute atomic E-state index is 0.0278. The predicted octanol–water partition coefficient (Wildman–Crippen LogP) is 1.51. The van der Waals surface area contributed by atoms with Crippen molar-refractivity contribution in [1.82, 2.24) is 20.1 Å². The van der Waals surface area contributed by atoms with Gasteiger partial charge in [0.1, 0.15) is 0 Å². The Bertz CT molecular complexity index is 533. The van der Waals surface area contributed by atoms with Gasteiger partial charge in [0.05, 0.1) is 23.6 Å². The second kappa shape index (κ2) is 5.44. The average Bonchev–Trinajstić information content (AvgIpc) is 2.78. The quantitative estimate of drug-likeness (QED) is 0.886. The molecule has 2 heterocycles. The topological polar surface area (TPSA) is 59.8 Å². The smallest absolute Gasteiger partial charge is 0.220 e. The lowest BCUT2D eigenvalue weighted by atomic mass is 10.2. The van der Waals surface area contributed by atoms with E-state index in [1.165, 1.54) is 0 Å². The van der Waals surface area contributed by atoms with Gasteiger partial charge in [0.25, 0.3) is 0 Å². The highest BCUT2D eigenvalue weighted by Crippen LogP contribution is 2.16. The van der Waals surface area contributed by atoms with Crippen LogP contribution in [0.15, 0.2) is 30.5 Å². The fourth-order valence-electron chi connectivity index (χ4n) is 1.68. The van der Waals surface area contributed by atoms with Gasteiger partial charge in [0.2, 0.25) is 5.91 Å². The fraction of sp³-hybridized carbons (Fsp3) is 0.308. The number of aromatic nitrogens is 3. The van der Waals surface area contributed by atoms with Gasteiger partial charge in [-0.2, -0.15) is 5.10 Å². The molecule has 0 aromatic carbocycles. The summed E-state index contributed by atoms with van der Waals surface area (Å²) in [5.41, 5.74) is 2.65. The third-order valence-corrected chi connectivity index (χ3v) is 2.65. The van der Waals surface area contributed by atoms with E-state index in [9.17, 15) is 4.79 Å². The molecule has 2 aromatic rings. The van der Waals surface area contributed by atoms with E-state index in [1.54, 1.807) is 10.9 Å². The summed E-state index contributed by atoms with van der Waals surface area (Å²) in [6, 6.07) is 7.69. The van der Waals surface area contributed by atoms with Crippen molar-refractivity contribution in [2.75, 3.05) is 0 Å². The van der Waals surface area contributed by atoms with Crippen LogP contribution in [0.25, 0.3) is 11.4 Å². The number of nitrogens with one attached hydrogen (secondary N) is 1. The maximum absolute atomic E-state index is 11.2. The summed E-state index contributed by atoms with van der Waals surface area (Å²) in [7, 11) is 1.87. The number of pyridine rings is 1. The van der Waals surface area contributed by atoms with E-state index in [0.29, 0.717) is 13.0 Å². The van der Waals surface area contributed by atoms with Gasteiger partial charge in [-0.15, -0.1) is 0 Å². The molecule has 0 fully saturated rings. The number of hydrogen-bond acceptors (Lipinski definition) is 3. The normalized spacial score (nSPS) is 10.3. The Balaban J connectivity index is 2.15. The van der Waals surface area contributed by atoms with E-state index < -0.39 is 0 Å². The molecule has 2 aromatic heterocycles. The molecule has 0 saturated carbocycles. The number of hydrogen-bond donors (Lipinski definition) is 1.